The minimum Gasteiger partial charge on any atom is -0.461 e. The summed E-state index contributed by atoms with van der Waals surface area (Å²) in [5.74, 6) is 0.957. The number of benzene rings is 3. The van der Waals surface area contributed by atoms with E-state index in [-0.39, 0.29) is 0 Å². The summed E-state index contributed by atoms with van der Waals surface area (Å²) in [7, 11) is 0. The van der Waals surface area contributed by atoms with Gasteiger partial charge in [-0.25, -0.2) is 4.98 Å². The molecule has 1 N–H and O–H groups in total. The number of rotatable bonds is 5. The van der Waals surface area contributed by atoms with E-state index < -0.39 is 6.10 Å². The van der Waals surface area contributed by atoms with Crippen molar-refractivity contribution >= 4 is 10.9 Å². The third-order valence-corrected chi connectivity index (χ3v) is 4.73. The summed E-state index contributed by atoms with van der Waals surface area (Å²) in [6.07, 6.45) is -0.521. The van der Waals surface area contributed by atoms with Gasteiger partial charge >= 0.3 is 0 Å². The molecule has 2 heterocycles. The van der Waals surface area contributed by atoms with E-state index in [0.29, 0.717) is 11.7 Å². The zero-order valence-electron chi connectivity index (χ0n) is 15.4. The number of aromatic amines is 1. The van der Waals surface area contributed by atoms with Crippen LogP contribution < -0.4 is 4.74 Å². The molecule has 0 spiro atoms. The fraction of sp³-hybridized carbons (Fsp3) is 0.0435. The van der Waals surface area contributed by atoms with Gasteiger partial charge in [-0.15, -0.1) is 10.2 Å². The molecule has 0 aliphatic carbocycles. The second-order valence-electron chi connectivity index (χ2n) is 6.60. The number of H-pyrrole nitrogens is 1. The van der Waals surface area contributed by atoms with Crippen LogP contribution in [0.5, 0.6) is 5.88 Å². The molecule has 0 saturated carbocycles. The van der Waals surface area contributed by atoms with E-state index in [1.807, 2.05) is 66.7 Å². The van der Waals surface area contributed by atoms with Crippen LogP contribution in [0.2, 0.25) is 0 Å². The van der Waals surface area contributed by atoms with Crippen molar-refractivity contribution in [1.82, 2.24) is 25.6 Å². The summed E-state index contributed by atoms with van der Waals surface area (Å²) < 4.78 is 6.20. The maximum Gasteiger partial charge on any atom is 0.219 e. The Kier molecular flexibility index (Phi) is 4.42. The Morgan fingerprint density at radius 1 is 0.724 bits per heavy atom. The van der Waals surface area contributed by atoms with Crippen LogP contribution >= 0.6 is 0 Å². The molecule has 1 unspecified atom stereocenters. The molecule has 5 rings (SSSR count). The van der Waals surface area contributed by atoms with Crippen LogP contribution in [0, 0.1) is 0 Å². The molecule has 6 heteroatoms. The highest BCUT2D eigenvalue weighted by molar-refractivity contribution is 5.78. The van der Waals surface area contributed by atoms with E-state index in [2.05, 4.69) is 49.9 Å². The van der Waals surface area contributed by atoms with E-state index in [1.54, 1.807) is 0 Å². The van der Waals surface area contributed by atoms with Gasteiger partial charge in [-0.1, -0.05) is 78.0 Å². The molecule has 0 aliphatic rings. The van der Waals surface area contributed by atoms with Crippen molar-refractivity contribution in [2.75, 3.05) is 0 Å². The summed E-state index contributed by atoms with van der Waals surface area (Å²) in [5.41, 5.74) is 4.08. The van der Waals surface area contributed by atoms with Crippen LogP contribution in [-0.2, 0) is 0 Å². The third-order valence-electron chi connectivity index (χ3n) is 4.73. The van der Waals surface area contributed by atoms with Crippen molar-refractivity contribution in [3.8, 4) is 17.0 Å². The van der Waals surface area contributed by atoms with Crippen LogP contribution in [0.4, 0.5) is 0 Å². The fourth-order valence-electron chi connectivity index (χ4n) is 3.27. The van der Waals surface area contributed by atoms with Crippen LogP contribution in [-0.4, -0.2) is 25.6 Å². The second-order valence-corrected chi connectivity index (χ2v) is 6.60. The van der Waals surface area contributed by atoms with E-state index in [9.17, 15) is 0 Å². The van der Waals surface area contributed by atoms with Gasteiger partial charge in [0.05, 0.1) is 5.52 Å². The van der Waals surface area contributed by atoms with Crippen LogP contribution in [0.25, 0.3) is 22.0 Å². The number of ether oxygens (including phenoxy) is 1. The third kappa shape index (κ3) is 3.55. The number of hydrogen-bond acceptors (Lipinski definition) is 5. The molecule has 1 atom stereocenters. The SMILES string of the molecule is c1ccc(-c2ccc(C(Oc3ccc4ccccc4n3)c3nn[nH]n3)cc2)cc1. The van der Waals surface area contributed by atoms with Gasteiger partial charge in [-0.3, -0.25) is 0 Å². The van der Waals surface area contributed by atoms with Crippen LogP contribution in [0.1, 0.15) is 17.5 Å². The van der Waals surface area contributed by atoms with Crippen LogP contribution in [0.3, 0.4) is 0 Å². The first-order valence-electron chi connectivity index (χ1n) is 9.28. The van der Waals surface area contributed by atoms with Crippen molar-refractivity contribution in [2.45, 2.75) is 6.10 Å². The average Bonchev–Trinajstić information content (AvgIpc) is 3.33. The predicted octanol–water partition coefficient (Wildman–Crippen LogP) is 4.58. The number of nitrogens with one attached hydrogen (secondary N) is 1. The molecular formula is C23H17N5O. The minimum atomic E-state index is -0.521. The Morgan fingerprint density at radius 3 is 2.28 bits per heavy atom. The number of fused-ring (bicyclic) bond motifs is 1. The zero-order chi connectivity index (χ0) is 19.5. The van der Waals surface area contributed by atoms with Crippen molar-refractivity contribution in [3.05, 3.63) is 102 Å². The Hall–Kier alpha value is -4.06. The van der Waals surface area contributed by atoms with Crippen LogP contribution in [0.15, 0.2) is 91.0 Å². The lowest BCUT2D eigenvalue weighted by Gasteiger charge is -2.16. The van der Waals surface area contributed by atoms with Gasteiger partial charge in [-0.05, 0) is 23.3 Å². The molecule has 0 amide bonds. The standard InChI is InChI=1S/C23H17N5O/c1-2-6-16(7-3-1)17-10-12-19(13-11-17)22(23-25-27-28-26-23)29-21-15-14-18-8-4-5-9-20(18)24-21/h1-15,22H,(H,25,26,27,28). The van der Waals surface area contributed by atoms with Crippen molar-refractivity contribution < 1.29 is 4.74 Å². The topological polar surface area (TPSA) is 76.6 Å². The highest BCUT2D eigenvalue weighted by Crippen LogP contribution is 2.28. The molecule has 0 radical (unpaired) electrons. The number of nitrogens with zero attached hydrogens (tertiary/aromatic N) is 4. The molecule has 0 saturated heterocycles. The molecule has 0 aliphatic heterocycles. The van der Waals surface area contributed by atoms with Gasteiger partial charge in [0.2, 0.25) is 11.7 Å². The molecule has 2 aromatic heterocycles. The largest absolute Gasteiger partial charge is 0.461 e. The lowest BCUT2D eigenvalue weighted by atomic mass is 10.0. The van der Waals surface area contributed by atoms with Gasteiger partial charge in [0, 0.05) is 17.0 Å². The first kappa shape index (κ1) is 17.1. The highest BCUT2D eigenvalue weighted by atomic mass is 16.5. The minimum absolute atomic E-state index is 0.451. The van der Waals surface area contributed by atoms with Gasteiger partial charge in [0.15, 0.2) is 6.10 Å². The van der Waals surface area contributed by atoms with Crippen molar-refractivity contribution in [2.24, 2.45) is 0 Å². The monoisotopic (exact) mass is 379 g/mol. The Labute approximate surface area is 167 Å². The molecular weight excluding hydrogens is 362 g/mol. The van der Waals surface area contributed by atoms with Gasteiger partial charge in [0.1, 0.15) is 0 Å². The highest BCUT2D eigenvalue weighted by Gasteiger charge is 2.21. The Balaban J connectivity index is 1.48. The molecule has 3 aromatic carbocycles. The van der Waals surface area contributed by atoms with Gasteiger partial charge in [-0.2, -0.15) is 5.21 Å². The summed E-state index contributed by atoms with van der Waals surface area (Å²) in [5, 5.41) is 15.5. The lowest BCUT2D eigenvalue weighted by Crippen LogP contribution is -2.12. The van der Waals surface area contributed by atoms with Crippen molar-refractivity contribution in [3.63, 3.8) is 0 Å². The lowest BCUT2D eigenvalue weighted by molar-refractivity contribution is 0.228. The van der Waals surface area contributed by atoms with Crippen molar-refractivity contribution in [1.29, 1.82) is 0 Å². The van der Waals surface area contributed by atoms with E-state index in [4.69, 9.17) is 4.74 Å². The zero-order valence-corrected chi connectivity index (χ0v) is 15.4. The first-order valence-corrected chi connectivity index (χ1v) is 9.28. The number of pyridine rings is 1. The summed E-state index contributed by atoms with van der Waals surface area (Å²) in [6.45, 7) is 0. The molecule has 29 heavy (non-hydrogen) atoms. The summed E-state index contributed by atoms with van der Waals surface area (Å²) in [6, 6.07) is 30.2. The molecule has 140 valence electrons. The molecule has 0 bridgehead atoms. The number of tetrazole rings is 1. The maximum absolute atomic E-state index is 6.20. The number of para-hydroxylation sites is 1. The van der Waals surface area contributed by atoms with Gasteiger partial charge in [0.25, 0.3) is 0 Å². The maximum atomic E-state index is 6.20. The predicted molar refractivity (Wildman–Crippen MR) is 110 cm³/mol. The van der Waals surface area contributed by atoms with E-state index in [0.717, 1.165) is 27.6 Å². The van der Waals surface area contributed by atoms with E-state index in [1.165, 1.54) is 0 Å². The summed E-state index contributed by atoms with van der Waals surface area (Å²) >= 11 is 0. The smallest absolute Gasteiger partial charge is 0.219 e. The average molecular weight is 379 g/mol. The fourth-order valence-corrected chi connectivity index (χ4v) is 3.27. The van der Waals surface area contributed by atoms with E-state index >= 15 is 0 Å². The molecule has 6 nitrogen and oxygen atoms in total. The Morgan fingerprint density at radius 2 is 1.48 bits per heavy atom. The quantitative estimate of drug-likeness (QED) is 0.484. The second kappa shape index (κ2) is 7.52. The molecule has 5 aromatic rings. The molecule has 0 fully saturated rings. The number of hydrogen-bond donors (Lipinski definition) is 1. The Bertz CT molecular complexity index is 1220. The summed E-state index contributed by atoms with van der Waals surface area (Å²) in [4.78, 5) is 4.61. The normalized spacial score (nSPS) is 12.0. The number of aromatic nitrogens is 5. The first-order chi connectivity index (χ1) is 14.4. The van der Waals surface area contributed by atoms with Gasteiger partial charge < -0.3 is 4.74 Å².